The average molecular weight is 330 g/mol. The first-order valence-electron chi connectivity index (χ1n) is 5.78. The van der Waals surface area contributed by atoms with Gasteiger partial charge < -0.3 is 14.6 Å². The van der Waals surface area contributed by atoms with Gasteiger partial charge in [0.1, 0.15) is 0 Å². The van der Waals surface area contributed by atoms with Gasteiger partial charge in [0.05, 0.1) is 10.3 Å². The van der Waals surface area contributed by atoms with Crippen LogP contribution in [0.15, 0.2) is 28.3 Å². The maximum absolute atomic E-state index is 5.02. The van der Waals surface area contributed by atoms with Gasteiger partial charge in [-0.2, -0.15) is 0 Å². The van der Waals surface area contributed by atoms with Gasteiger partial charge in [-0.1, -0.05) is 0 Å². The molecule has 0 bridgehead atoms. The number of ether oxygens (including phenoxy) is 1. The molecule has 0 aliphatic rings. The fourth-order valence-corrected chi connectivity index (χ4v) is 3.11. The zero-order valence-corrected chi connectivity index (χ0v) is 12.6. The molecule has 0 amide bonds. The van der Waals surface area contributed by atoms with E-state index in [1.54, 1.807) is 18.4 Å². The van der Waals surface area contributed by atoms with Crippen LogP contribution < -0.4 is 5.32 Å². The summed E-state index contributed by atoms with van der Waals surface area (Å²) >= 11 is 5.22. The molecule has 6 heteroatoms. The third-order valence-electron chi connectivity index (χ3n) is 2.48. The number of methoxy groups -OCH3 is 1. The second-order valence-corrected chi connectivity index (χ2v) is 6.41. The van der Waals surface area contributed by atoms with Gasteiger partial charge in [0.2, 0.25) is 5.95 Å². The highest BCUT2D eigenvalue weighted by Gasteiger charge is 2.04. The van der Waals surface area contributed by atoms with Crippen LogP contribution in [-0.2, 0) is 11.3 Å². The van der Waals surface area contributed by atoms with Crippen molar-refractivity contribution in [2.75, 3.05) is 25.6 Å². The smallest absolute Gasteiger partial charge is 0.203 e. The number of nitrogens with one attached hydrogen (secondary N) is 1. The van der Waals surface area contributed by atoms with Crippen molar-refractivity contribution in [2.24, 2.45) is 0 Å². The highest BCUT2D eigenvalue weighted by atomic mass is 79.9. The topological polar surface area (TPSA) is 39.1 Å². The van der Waals surface area contributed by atoms with Crippen LogP contribution in [0.3, 0.4) is 0 Å². The van der Waals surface area contributed by atoms with Gasteiger partial charge in [0, 0.05) is 37.5 Å². The Morgan fingerprint density at radius 1 is 1.50 bits per heavy atom. The summed E-state index contributed by atoms with van der Waals surface area (Å²) in [6, 6.07) is 4.20. The molecular weight excluding hydrogens is 314 g/mol. The van der Waals surface area contributed by atoms with Crippen LogP contribution >= 0.6 is 27.3 Å². The van der Waals surface area contributed by atoms with Crippen LogP contribution in [-0.4, -0.2) is 29.8 Å². The summed E-state index contributed by atoms with van der Waals surface area (Å²) < 4.78 is 8.29. The van der Waals surface area contributed by atoms with Crippen molar-refractivity contribution in [3.8, 4) is 0 Å². The average Bonchev–Trinajstić information content (AvgIpc) is 2.95. The van der Waals surface area contributed by atoms with Gasteiger partial charge in [0.25, 0.3) is 0 Å². The zero-order chi connectivity index (χ0) is 12.8. The van der Waals surface area contributed by atoms with Crippen molar-refractivity contribution < 1.29 is 4.74 Å². The number of hydrogen-bond acceptors (Lipinski definition) is 4. The van der Waals surface area contributed by atoms with Gasteiger partial charge >= 0.3 is 0 Å². The number of rotatable bonds is 7. The van der Waals surface area contributed by atoms with Gasteiger partial charge in [-0.05, 0) is 34.5 Å². The minimum atomic E-state index is 0.769. The third kappa shape index (κ3) is 3.83. The van der Waals surface area contributed by atoms with Crippen LogP contribution in [0.2, 0.25) is 0 Å². The van der Waals surface area contributed by atoms with Crippen LogP contribution in [0.1, 0.15) is 11.3 Å². The molecule has 0 unspecified atom stereocenters. The van der Waals surface area contributed by atoms with Crippen LogP contribution in [0.4, 0.5) is 5.95 Å². The number of halogens is 1. The van der Waals surface area contributed by atoms with Crippen molar-refractivity contribution in [1.29, 1.82) is 0 Å². The Morgan fingerprint density at radius 3 is 3.11 bits per heavy atom. The second-order valence-electron chi connectivity index (χ2n) is 3.86. The first-order chi connectivity index (χ1) is 8.79. The summed E-state index contributed by atoms with van der Waals surface area (Å²) in [4.78, 5) is 5.63. The largest absolute Gasteiger partial charge is 0.385 e. The summed E-state index contributed by atoms with van der Waals surface area (Å²) in [5.74, 6) is 0.913. The first kappa shape index (κ1) is 13.6. The minimum absolute atomic E-state index is 0.769. The van der Waals surface area contributed by atoms with E-state index in [-0.39, 0.29) is 0 Å². The van der Waals surface area contributed by atoms with Crippen LogP contribution in [0.25, 0.3) is 0 Å². The molecule has 2 rings (SSSR count). The molecule has 2 heterocycles. The Hall–Kier alpha value is -0.850. The molecule has 0 aliphatic heterocycles. The van der Waals surface area contributed by atoms with Gasteiger partial charge in [-0.15, -0.1) is 11.3 Å². The monoisotopic (exact) mass is 329 g/mol. The fraction of sp³-hybridized carbons (Fsp3) is 0.417. The Bertz CT molecular complexity index is 483. The summed E-state index contributed by atoms with van der Waals surface area (Å²) in [7, 11) is 1.72. The molecule has 0 aliphatic carbocycles. The molecule has 98 valence electrons. The van der Waals surface area contributed by atoms with E-state index < -0.39 is 0 Å². The summed E-state index contributed by atoms with van der Waals surface area (Å²) in [5, 5.41) is 3.32. The van der Waals surface area contributed by atoms with E-state index in [9.17, 15) is 0 Å². The highest BCUT2D eigenvalue weighted by Crippen LogP contribution is 2.23. The molecule has 2 aromatic heterocycles. The standard InChI is InChI=1S/C12H16BrN3OS/c1-17-8-2-5-14-12-15-6-7-16(12)9-10-3-4-11(13)18-10/h3-4,6-7H,2,5,8-9H2,1H3,(H,14,15). The fourth-order valence-electron chi connectivity index (χ4n) is 1.63. The Morgan fingerprint density at radius 2 is 2.39 bits per heavy atom. The normalized spacial score (nSPS) is 10.8. The Labute approximate surface area is 119 Å². The molecular formula is C12H16BrN3OS. The number of nitrogens with zero attached hydrogens (tertiary/aromatic N) is 2. The molecule has 4 nitrogen and oxygen atoms in total. The lowest BCUT2D eigenvalue weighted by Crippen LogP contribution is -2.10. The Balaban J connectivity index is 1.91. The van der Waals surface area contributed by atoms with E-state index in [1.165, 1.54) is 4.88 Å². The van der Waals surface area contributed by atoms with E-state index in [4.69, 9.17) is 4.74 Å². The maximum atomic E-state index is 5.02. The van der Waals surface area contributed by atoms with Crippen molar-refractivity contribution in [1.82, 2.24) is 9.55 Å². The van der Waals surface area contributed by atoms with Crippen LogP contribution in [0, 0.1) is 0 Å². The minimum Gasteiger partial charge on any atom is -0.385 e. The molecule has 0 saturated carbocycles. The van der Waals surface area contributed by atoms with Crippen molar-refractivity contribution >= 4 is 33.2 Å². The predicted octanol–water partition coefficient (Wildman–Crippen LogP) is 3.20. The molecule has 18 heavy (non-hydrogen) atoms. The first-order valence-corrected chi connectivity index (χ1v) is 7.38. The highest BCUT2D eigenvalue weighted by molar-refractivity contribution is 9.11. The predicted molar refractivity (Wildman–Crippen MR) is 78.3 cm³/mol. The lowest BCUT2D eigenvalue weighted by atomic mass is 10.4. The number of hydrogen-bond donors (Lipinski definition) is 1. The van der Waals surface area contributed by atoms with Crippen LogP contribution in [0.5, 0.6) is 0 Å². The van der Waals surface area contributed by atoms with E-state index in [2.05, 4.69) is 42.9 Å². The molecule has 0 aromatic carbocycles. The van der Waals surface area contributed by atoms with E-state index in [1.807, 2.05) is 12.4 Å². The molecule has 0 radical (unpaired) electrons. The number of anilines is 1. The SMILES string of the molecule is COCCCNc1nccn1Cc1ccc(Br)s1. The molecule has 1 N–H and O–H groups in total. The molecule has 2 aromatic rings. The van der Waals surface area contributed by atoms with Gasteiger partial charge in [-0.25, -0.2) is 4.98 Å². The lowest BCUT2D eigenvalue weighted by molar-refractivity contribution is 0.197. The van der Waals surface area contributed by atoms with Gasteiger partial charge in [0.15, 0.2) is 0 Å². The Kier molecular flexibility index (Phi) is 5.22. The summed E-state index contributed by atoms with van der Waals surface area (Å²) in [6.45, 7) is 2.49. The van der Waals surface area contributed by atoms with Crippen molar-refractivity contribution in [2.45, 2.75) is 13.0 Å². The van der Waals surface area contributed by atoms with Gasteiger partial charge in [-0.3, -0.25) is 0 Å². The summed E-state index contributed by atoms with van der Waals surface area (Å²) in [5.41, 5.74) is 0. The van der Waals surface area contributed by atoms with Crippen molar-refractivity contribution in [3.63, 3.8) is 0 Å². The number of imidazole rings is 1. The molecule has 0 spiro atoms. The number of thiophene rings is 1. The second kappa shape index (κ2) is 6.92. The third-order valence-corrected chi connectivity index (χ3v) is 4.09. The molecule has 0 atom stereocenters. The molecule has 0 fully saturated rings. The van der Waals surface area contributed by atoms with Crippen molar-refractivity contribution in [3.05, 3.63) is 33.2 Å². The summed E-state index contributed by atoms with van der Waals surface area (Å²) in [6.07, 6.45) is 4.79. The maximum Gasteiger partial charge on any atom is 0.203 e. The lowest BCUT2D eigenvalue weighted by Gasteiger charge is -2.08. The van der Waals surface area contributed by atoms with E-state index in [0.29, 0.717) is 0 Å². The quantitative estimate of drug-likeness (QED) is 0.793. The van der Waals surface area contributed by atoms with E-state index >= 15 is 0 Å². The zero-order valence-electron chi connectivity index (χ0n) is 10.2. The van der Waals surface area contributed by atoms with E-state index in [0.717, 1.165) is 35.9 Å². The molecule has 0 saturated heterocycles. The number of aromatic nitrogens is 2.